The zero-order valence-electron chi connectivity index (χ0n) is 17.3. The molecule has 0 saturated carbocycles. The van der Waals surface area contributed by atoms with Gasteiger partial charge in [-0.05, 0) is 31.7 Å². The molecule has 25 heavy (non-hydrogen) atoms. The summed E-state index contributed by atoms with van der Waals surface area (Å²) in [6.07, 6.45) is 9.12. The second-order valence-corrected chi connectivity index (χ2v) is 13.2. The monoisotopic (exact) mass is 370 g/mol. The van der Waals surface area contributed by atoms with E-state index >= 15 is 0 Å². The molecule has 0 radical (unpaired) electrons. The molecule has 0 aliphatic rings. The third-order valence-corrected chi connectivity index (χ3v) is 7.19. The van der Waals surface area contributed by atoms with Crippen LogP contribution in [0.4, 0.5) is 0 Å². The zero-order valence-corrected chi connectivity index (χ0v) is 18.3. The van der Waals surface area contributed by atoms with Crippen LogP contribution in [0.2, 0.25) is 25.2 Å². The van der Waals surface area contributed by atoms with Crippen molar-refractivity contribution in [2.75, 3.05) is 13.2 Å². The van der Waals surface area contributed by atoms with E-state index in [4.69, 9.17) is 9.47 Å². The van der Waals surface area contributed by atoms with E-state index in [9.17, 15) is 9.59 Å². The lowest BCUT2D eigenvalue weighted by atomic mass is 9.93. The Morgan fingerprint density at radius 1 is 0.920 bits per heavy atom. The predicted molar refractivity (Wildman–Crippen MR) is 106 cm³/mol. The molecule has 0 fully saturated rings. The maximum absolute atomic E-state index is 12.2. The highest BCUT2D eigenvalue weighted by Crippen LogP contribution is 2.30. The number of ether oxygens (including phenoxy) is 2. The summed E-state index contributed by atoms with van der Waals surface area (Å²) in [5, 5.41) is 0. The average Bonchev–Trinajstić information content (AvgIpc) is 2.50. The minimum absolute atomic E-state index is 0.233. The maximum Gasteiger partial charge on any atom is 0.320 e. The van der Waals surface area contributed by atoms with Crippen LogP contribution in [0.3, 0.4) is 0 Å². The largest absolute Gasteiger partial charge is 0.465 e. The van der Waals surface area contributed by atoms with Crippen LogP contribution < -0.4 is 0 Å². The van der Waals surface area contributed by atoms with Crippen LogP contribution in [0.5, 0.6) is 0 Å². The van der Waals surface area contributed by atoms with Crippen molar-refractivity contribution in [1.82, 2.24) is 0 Å². The van der Waals surface area contributed by atoms with Crippen molar-refractivity contribution in [2.45, 2.75) is 78.6 Å². The summed E-state index contributed by atoms with van der Waals surface area (Å²) in [6.45, 7) is 15.2. The summed E-state index contributed by atoms with van der Waals surface area (Å²) in [7, 11) is -1.34. The summed E-state index contributed by atoms with van der Waals surface area (Å²) in [4.78, 5) is 24.4. The molecule has 2 unspecified atom stereocenters. The Morgan fingerprint density at radius 3 is 1.84 bits per heavy atom. The van der Waals surface area contributed by atoms with Gasteiger partial charge in [-0.1, -0.05) is 64.9 Å². The zero-order chi connectivity index (χ0) is 19.5. The molecule has 0 amide bonds. The molecule has 0 spiro atoms. The van der Waals surface area contributed by atoms with Crippen LogP contribution in [0.15, 0.2) is 12.2 Å². The van der Waals surface area contributed by atoms with E-state index < -0.39 is 25.9 Å². The van der Waals surface area contributed by atoms with Crippen molar-refractivity contribution in [3.8, 4) is 0 Å². The van der Waals surface area contributed by atoms with E-state index in [0.717, 1.165) is 0 Å². The van der Waals surface area contributed by atoms with Crippen LogP contribution in [0.25, 0.3) is 0 Å². The van der Waals surface area contributed by atoms with E-state index in [-0.39, 0.29) is 19.1 Å². The fourth-order valence-electron chi connectivity index (χ4n) is 2.84. The van der Waals surface area contributed by atoms with Crippen molar-refractivity contribution >= 4 is 20.0 Å². The molecule has 146 valence electrons. The number of esters is 2. The second kappa shape index (κ2) is 12.3. The molecule has 0 bridgehead atoms. The van der Waals surface area contributed by atoms with E-state index in [0.29, 0.717) is 5.54 Å². The third kappa shape index (κ3) is 9.24. The Kier molecular flexibility index (Phi) is 11.7. The lowest BCUT2D eigenvalue weighted by Crippen LogP contribution is -2.33. The highest BCUT2D eigenvalue weighted by Gasteiger charge is 2.34. The molecular formula is C20H38O4Si. The molecule has 4 nitrogen and oxygen atoms in total. The van der Waals surface area contributed by atoms with Gasteiger partial charge in [-0.3, -0.25) is 9.59 Å². The molecule has 0 N–H and O–H groups in total. The van der Waals surface area contributed by atoms with Gasteiger partial charge in [0.1, 0.15) is 0 Å². The Hall–Kier alpha value is -1.10. The van der Waals surface area contributed by atoms with E-state index in [1.165, 1.54) is 25.7 Å². The molecule has 0 aromatic heterocycles. The van der Waals surface area contributed by atoms with Crippen LogP contribution in [0, 0.1) is 11.8 Å². The van der Waals surface area contributed by atoms with Crippen LogP contribution >= 0.6 is 0 Å². The van der Waals surface area contributed by atoms with E-state index in [1.54, 1.807) is 13.8 Å². The molecule has 2 atom stereocenters. The topological polar surface area (TPSA) is 52.6 Å². The summed E-state index contributed by atoms with van der Waals surface area (Å²) in [5.41, 5.74) is 0.548. The molecule has 0 aromatic rings. The molecule has 0 heterocycles. The summed E-state index contributed by atoms with van der Waals surface area (Å²) in [6, 6.07) is 0. The predicted octanol–water partition coefficient (Wildman–Crippen LogP) is 5.21. The van der Waals surface area contributed by atoms with Crippen LogP contribution in [-0.2, 0) is 19.1 Å². The van der Waals surface area contributed by atoms with Gasteiger partial charge in [-0.25, -0.2) is 0 Å². The third-order valence-electron chi connectivity index (χ3n) is 4.48. The minimum atomic E-state index is -1.34. The fraction of sp³-hybridized carbons (Fsp3) is 0.800. The number of allylic oxidation sites excluding steroid dienone is 2. The van der Waals surface area contributed by atoms with Gasteiger partial charge in [0.15, 0.2) is 5.92 Å². The average molecular weight is 371 g/mol. The van der Waals surface area contributed by atoms with Gasteiger partial charge < -0.3 is 9.47 Å². The molecule has 0 rings (SSSR count). The first-order valence-electron chi connectivity index (χ1n) is 9.70. The van der Waals surface area contributed by atoms with Crippen molar-refractivity contribution in [2.24, 2.45) is 11.8 Å². The summed E-state index contributed by atoms with van der Waals surface area (Å²) < 4.78 is 10.2. The van der Waals surface area contributed by atoms with Gasteiger partial charge in [0.25, 0.3) is 0 Å². The lowest BCUT2D eigenvalue weighted by Gasteiger charge is -2.27. The molecule has 0 saturated heterocycles. The molecule has 0 aliphatic heterocycles. The second-order valence-electron chi connectivity index (χ2n) is 7.69. The van der Waals surface area contributed by atoms with Gasteiger partial charge in [0.2, 0.25) is 0 Å². The lowest BCUT2D eigenvalue weighted by molar-refractivity contribution is -0.163. The fourth-order valence-corrected chi connectivity index (χ4v) is 4.60. The Bertz CT molecular complexity index is 408. The Labute approximate surface area is 155 Å². The smallest absolute Gasteiger partial charge is 0.320 e. The first-order chi connectivity index (χ1) is 11.7. The number of unbranched alkanes of at least 4 members (excludes halogenated alkanes) is 2. The highest BCUT2D eigenvalue weighted by atomic mass is 28.3. The molecule has 0 aromatic carbocycles. The number of carbonyl (C=O) groups is 2. The minimum Gasteiger partial charge on any atom is -0.465 e. The molecule has 5 heteroatoms. The van der Waals surface area contributed by atoms with Gasteiger partial charge in [0, 0.05) is 0 Å². The van der Waals surface area contributed by atoms with Crippen molar-refractivity contribution in [1.29, 1.82) is 0 Å². The highest BCUT2D eigenvalue weighted by molar-refractivity contribution is 6.78. The van der Waals surface area contributed by atoms with Gasteiger partial charge in [-0.2, -0.15) is 0 Å². The number of hydrogen-bond donors (Lipinski definition) is 0. The first-order valence-corrected chi connectivity index (χ1v) is 13.3. The standard InChI is InChI=1S/C20H38O4Si/c1-8-11-12-13-17(25(5,6)7)15-14-16(4)18(19(21)23-9-2)20(22)24-10-3/h14-18H,8-13H2,1-7H3/b15-14+. The van der Waals surface area contributed by atoms with Crippen molar-refractivity contribution in [3.05, 3.63) is 12.2 Å². The van der Waals surface area contributed by atoms with Gasteiger partial charge >= 0.3 is 11.9 Å². The quantitative estimate of drug-likeness (QED) is 0.156. The van der Waals surface area contributed by atoms with E-state index in [2.05, 4.69) is 32.6 Å². The number of carbonyl (C=O) groups excluding carboxylic acids is 2. The maximum atomic E-state index is 12.2. The Balaban J connectivity index is 5.18. The number of rotatable bonds is 12. The summed E-state index contributed by atoms with van der Waals surface area (Å²) >= 11 is 0. The van der Waals surface area contributed by atoms with Crippen LogP contribution in [0.1, 0.15) is 53.4 Å². The van der Waals surface area contributed by atoms with Crippen molar-refractivity contribution < 1.29 is 19.1 Å². The summed E-state index contributed by atoms with van der Waals surface area (Å²) in [5.74, 6) is -2.10. The molecule has 0 aliphatic carbocycles. The first kappa shape index (κ1) is 23.9. The molecular weight excluding hydrogens is 332 g/mol. The number of hydrogen-bond acceptors (Lipinski definition) is 4. The van der Waals surface area contributed by atoms with Crippen molar-refractivity contribution in [3.63, 3.8) is 0 Å². The Morgan fingerprint density at radius 2 is 1.44 bits per heavy atom. The van der Waals surface area contributed by atoms with Gasteiger partial charge in [-0.15, -0.1) is 0 Å². The normalized spacial score (nSPS) is 14.6. The SMILES string of the molecule is CCCCCC(/C=C/C(C)C(C(=O)OCC)C(=O)OCC)[Si](C)(C)C. The van der Waals surface area contributed by atoms with Gasteiger partial charge in [0.05, 0.1) is 21.3 Å². The van der Waals surface area contributed by atoms with E-state index in [1.807, 2.05) is 13.0 Å². The van der Waals surface area contributed by atoms with Crippen LogP contribution in [-0.4, -0.2) is 33.2 Å².